The van der Waals surface area contributed by atoms with E-state index in [1.165, 1.54) is 0 Å². The van der Waals surface area contributed by atoms with Gasteiger partial charge in [-0.25, -0.2) is 0 Å². The molecule has 0 aliphatic rings. The number of benzene rings is 2. The van der Waals surface area contributed by atoms with Crippen molar-refractivity contribution in [2.75, 3.05) is 11.9 Å². The lowest BCUT2D eigenvalue weighted by Crippen LogP contribution is -2.12. The second kappa shape index (κ2) is 6.83. The molecule has 110 valence electrons. The first-order valence-electron chi connectivity index (χ1n) is 6.51. The maximum atomic E-state index is 12.2. The number of carbonyl (C=O) groups is 1. The zero-order chi connectivity index (χ0) is 15.4. The van der Waals surface area contributed by atoms with E-state index in [1.54, 1.807) is 36.4 Å². The van der Waals surface area contributed by atoms with Gasteiger partial charge in [-0.1, -0.05) is 23.2 Å². The van der Waals surface area contributed by atoms with Gasteiger partial charge in [-0.2, -0.15) is 0 Å². The summed E-state index contributed by atoms with van der Waals surface area (Å²) in [5, 5.41) is 3.88. The number of amides is 1. The number of halogens is 2. The molecule has 0 saturated carbocycles. The molecule has 1 N–H and O–H groups in total. The maximum absolute atomic E-state index is 12.2. The molecule has 0 saturated heterocycles. The molecular formula is C16H15Cl2NO2. The van der Waals surface area contributed by atoms with E-state index in [9.17, 15) is 4.79 Å². The number of rotatable bonds is 4. The molecule has 0 atom stereocenters. The SMILES string of the molecule is CCOc1ccc(C(=O)Nc2ccc(Cl)cc2C)cc1Cl. The zero-order valence-electron chi connectivity index (χ0n) is 11.7. The van der Waals surface area contributed by atoms with Gasteiger partial charge in [-0.3, -0.25) is 4.79 Å². The number of ether oxygens (including phenoxy) is 1. The standard InChI is InChI=1S/C16H15Cl2NO2/c1-3-21-15-7-4-11(9-13(15)18)16(20)19-14-6-5-12(17)8-10(14)2/h4-9H,3H2,1-2H3,(H,19,20). The van der Waals surface area contributed by atoms with Crippen LogP contribution < -0.4 is 10.1 Å². The van der Waals surface area contributed by atoms with Gasteiger partial charge in [0, 0.05) is 16.3 Å². The minimum atomic E-state index is -0.231. The van der Waals surface area contributed by atoms with Gasteiger partial charge < -0.3 is 10.1 Å². The van der Waals surface area contributed by atoms with Crippen molar-refractivity contribution < 1.29 is 9.53 Å². The van der Waals surface area contributed by atoms with E-state index in [0.717, 1.165) is 11.3 Å². The van der Waals surface area contributed by atoms with Crippen LogP contribution in [-0.2, 0) is 0 Å². The lowest BCUT2D eigenvalue weighted by molar-refractivity contribution is 0.102. The average molecular weight is 324 g/mol. The highest BCUT2D eigenvalue weighted by Crippen LogP contribution is 2.26. The monoisotopic (exact) mass is 323 g/mol. The Balaban J connectivity index is 2.18. The Bertz CT molecular complexity index is 671. The van der Waals surface area contributed by atoms with Crippen molar-refractivity contribution in [2.45, 2.75) is 13.8 Å². The third kappa shape index (κ3) is 3.90. The molecule has 0 aliphatic heterocycles. The highest BCUT2D eigenvalue weighted by atomic mass is 35.5. The van der Waals surface area contributed by atoms with Crippen molar-refractivity contribution in [3.8, 4) is 5.75 Å². The van der Waals surface area contributed by atoms with Crippen LogP contribution in [0.4, 0.5) is 5.69 Å². The molecule has 21 heavy (non-hydrogen) atoms. The number of hydrogen-bond acceptors (Lipinski definition) is 2. The first-order chi connectivity index (χ1) is 10.0. The summed E-state index contributed by atoms with van der Waals surface area (Å²) in [6.45, 7) is 4.28. The van der Waals surface area contributed by atoms with Crippen molar-refractivity contribution in [2.24, 2.45) is 0 Å². The normalized spacial score (nSPS) is 10.3. The molecular weight excluding hydrogens is 309 g/mol. The summed E-state index contributed by atoms with van der Waals surface area (Å²) < 4.78 is 5.34. The van der Waals surface area contributed by atoms with Crippen molar-refractivity contribution >= 4 is 34.8 Å². The van der Waals surface area contributed by atoms with E-state index < -0.39 is 0 Å². The second-order valence-electron chi connectivity index (χ2n) is 4.49. The number of anilines is 1. The third-order valence-electron chi connectivity index (χ3n) is 2.93. The van der Waals surface area contributed by atoms with Crippen LogP contribution >= 0.6 is 23.2 Å². The first-order valence-corrected chi connectivity index (χ1v) is 7.26. The van der Waals surface area contributed by atoms with E-state index in [-0.39, 0.29) is 5.91 Å². The average Bonchev–Trinajstić information content (AvgIpc) is 2.44. The largest absolute Gasteiger partial charge is 0.492 e. The molecule has 5 heteroatoms. The topological polar surface area (TPSA) is 38.3 Å². The Morgan fingerprint density at radius 2 is 1.95 bits per heavy atom. The van der Waals surface area contributed by atoms with E-state index in [4.69, 9.17) is 27.9 Å². The van der Waals surface area contributed by atoms with Gasteiger partial charge in [0.05, 0.1) is 11.6 Å². The molecule has 0 unspecified atom stereocenters. The molecule has 0 aliphatic carbocycles. The van der Waals surface area contributed by atoms with E-state index in [1.807, 2.05) is 13.8 Å². The Morgan fingerprint density at radius 3 is 2.57 bits per heavy atom. The van der Waals surface area contributed by atoms with Crippen LogP contribution in [0.3, 0.4) is 0 Å². The summed E-state index contributed by atoms with van der Waals surface area (Å²) in [5.41, 5.74) is 2.08. The van der Waals surface area contributed by atoms with E-state index >= 15 is 0 Å². The Morgan fingerprint density at radius 1 is 1.19 bits per heavy atom. The summed E-state index contributed by atoms with van der Waals surface area (Å²) in [7, 11) is 0. The molecule has 2 aromatic carbocycles. The van der Waals surface area contributed by atoms with Gasteiger partial charge in [0.2, 0.25) is 0 Å². The Kier molecular flexibility index (Phi) is 5.10. The van der Waals surface area contributed by atoms with E-state index in [0.29, 0.717) is 28.0 Å². The van der Waals surface area contributed by atoms with Crippen LogP contribution in [0.5, 0.6) is 5.75 Å². The van der Waals surface area contributed by atoms with Crippen LogP contribution in [0.15, 0.2) is 36.4 Å². The molecule has 3 nitrogen and oxygen atoms in total. The summed E-state index contributed by atoms with van der Waals surface area (Å²) in [5.74, 6) is 0.337. The molecule has 1 amide bonds. The van der Waals surface area contributed by atoms with Crippen LogP contribution in [-0.4, -0.2) is 12.5 Å². The highest BCUT2D eigenvalue weighted by molar-refractivity contribution is 6.32. The van der Waals surface area contributed by atoms with Gasteiger partial charge in [-0.15, -0.1) is 0 Å². The summed E-state index contributed by atoms with van der Waals surface area (Å²) in [4.78, 5) is 12.2. The molecule has 2 aromatic rings. The molecule has 0 heterocycles. The van der Waals surface area contributed by atoms with E-state index in [2.05, 4.69) is 5.32 Å². The summed E-state index contributed by atoms with van der Waals surface area (Å²) in [6, 6.07) is 10.3. The predicted octanol–water partition coefficient (Wildman–Crippen LogP) is 4.95. The van der Waals surface area contributed by atoms with Gasteiger partial charge >= 0.3 is 0 Å². The first kappa shape index (κ1) is 15.7. The van der Waals surface area contributed by atoms with Gasteiger partial charge in [0.1, 0.15) is 5.75 Å². The molecule has 0 aromatic heterocycles. The minimum Gasteiger partial charge on any atom is -0.492 e. The third-order valence-corrected chi connectivity index (χ3v) is 3.46. The lowest BCUT2D eigenvalue weighted by atomic mass is 10.1. The van der Waals surface area contributed by atoms with Crippen molar-refractivity contribution in [1.29, 1.82) is 0 Å². The van der Waals surface area contributed by atoms with Crippen molar-refractivity contribution in [1.82, 2.24) is 0 Å². The molecule has 2 rings (SSSR count). The van der Waals surface area contributed by atoms with Crippen molar-refractivity contribution in [3.05, 3.63) is 57.6 Å². The summed E-state index contributed by atoms with van der Waals surface area (Å²) >= 11 is 12.0. The molecule has 0 radical (unpaired) electrons. The molecule has 0 bridgehead atoms. The fraction of sp³-hybridized carbons (Fsp3) is 0.188. The van der Waals surface area contributed by atoms with Crippen LogP contribution in [0, 0.1) is 6.92 Å². The van der Waals surface area contributed by atoms with Crippen LogP contribution in [0.25, 0.3) is 0 Å². The fourth-order valence-corrected chi connectivity index (χ4v) is 2.34. The fourth-order valence-electron chi connectivity index (χ4n) is 1.88. The molecule has 0 spiro atoms. The highest BCUT2D eigenvalue weighted by Gasteiger charge is 2.11. The zero-order valence-corrected chi connectivity index (χ0v) is 13.3. The predicted molar refractivity (Wildman–Crippen MR) is 86.8 cm³/mol. The summed E-state index contributed by atoms with van der Waals surface area (Å²) in [6.07, 6.45) is 0. The molecule has 0 fully saturated rings. The van der Waals surface area contributed by atoms with Crippen LogP contribution in [0.2, 0.25) is 10.0 Å². The number of aryl methyl sites for hydroxylation is 1. The smallest absolute Gasteiger partial charge is 0.255 e. The van der Waals surface area contributed by atoms with Crippen molar-refractivity contribution in [3.63, 3.8) is 0 Å². The number of carbonyl (C=O) groups excluding carboxylic acids is 1. The Labute approximate surface area is 133 Å². The Hall–Kier alpha value is -1.71. The second-order valence-corrected chi connectivity index (χ2v) is 5.34. The van der Waals surface area contributed by atoms with Crippen LogP contribution in [0.1, 0.15) is 22.8 Å². The van der Waals surface area contributed by atoms with Gasteiger partial charge in [-0.05, 0) is 55.8 Å². The van der Waals surface area contributed by atoms with Gasteiger partial charge in [0.15, 0.2) is 0 Å². The maximum Gasteiger partial charge on any atom is 0.255 e. The quantitative estimate of drug-likeness (QED) is 0.864. The van der Waals surface area contributed by atoms with Gasteiger partial charge in [0.25, 0.3) is 5.91 Å². The lowest BCUT2D eigenvalue weighted by Gasteiger charge is -2.10. The number of nitrogens with one attached hydrogen (secondary N) is 1. The minimum absolute atomic E-state index is 0.231. The number of hydrogen-bond donors (Lipinski definition) is 1.